The molecule has 33 heavy (non-hydrogen) atoms. The minimum absolute atomic E-state index is 0.000302. The van der Waals surface area contributed by atoms with Crippen molar-refractivity contribution in [2.45, 2.75) is 32.6 Å². The van der Waals surface area contributed by atoms with E-state index in [0.29, 0.717) is 51.9 Å². The Morgan fingerprint density at radius 3 is 1.15 bits per heavy atom. The van der Waals surface area contributed by atoms with Crippen molar-refractivity contribution in [2.24, 2.45) is 0 Å². The highest BCUT2D eigenvalue weighted by Gasteiger charge is 2.10. The quantitative estimate of drug-likeness (QED) is 0.123. The van der Waals surface area contributed by atoms with Gasteiger partial charge in [-0.25, -0.2) is 0 Å². The number of nitrogens with zero attached hydrogens (tertiary/aromatic N) is 2. The van der Waals surface area contributed by atoms with Gasteiger partial charge in [0.15, 0.2) is 0 Å². The molecule has 0 spiro atoms. The summed E-state index contributed by atoms with van der Waals surface area (Å²) in [5.74, 6) is 0.131. The van der Waals surface area contributed by atoms with E-state index < -0.39 is 0 Å². The monoisotopic (exact) mass is 471 g/mol. The maximum Gasteiger partial charge on any atom is 0.221 e. The summed E-state index contributed by atoms with van der Waals surface area (Å²) in [6.45, 7) is 8.77. The SMILES string of the molecule is CNC(=O)CCN(CCNCCNCCN(CCC(=O)NC)CCC(=O)NC)CCC(C)=O. The molecule has 0 aromatic rings. The van der Waals surface area contributed by atoms with Gasteiger partial charge in [0.2, 0.25) is 17.7 Å². The van der Waals surface area contributed by atoms with Crippen molar-refractivity contribution in [1.82, 2.24) is 36.4 Å². The summed E-state index contributed by atoms with van der Waals surface area (Å²) in [6, 6.07) is 0. The summed E-state index contributed by atoms with van der Waals surface area (Å²) >= 11 is 0. The second-order valence-electron chi connectivity index (χ2n) is 7.90. The first-order valence-electron chi connectivity index (χ1n) is 11.8. The van der Waals surface area contributed by atoms with Crippen LogP contribution in [0, 0.1) is 0 Å². The van der Waals surface area contributed by atoms with Crippen LogP contribution >= 0.6 is 0 Å². The minimum Gasteiger partial charge on any atom is -0.359 e. The Kier molecular flexibility index (Phi) is 19.2. The van der Waals surface area contributed by atoms with Gasteiger partial charge in [-0.2, -0.15) is 0 Å². The third kappa shape index (κ3) is 19.1. The van der Waals surface area contributed by atoms with Crippen LogP contribution in [0.4, 0.5) is 0 Å². The van der Waals surface area contributed by atoms with E-state index >= 15 is 0 Å². The van der Waals surface area contributed by atoms with E-state index in [1.54, 1.807) is 28.1 Å². The van der Waals surface area contributed by atoms with Gasteiger partial charge in [0, 0.05) is 112 Å². The second kappa shape index (κ2) is 20.5. The highest BCUT2D eigenvalue weighted by atomic mass is 16.2. The smallest absolute Gasteiger partial charge is 0.221 e. The Morgan fingerprint density at radius 1 is 0.515 bits per heavy atom. The number of rotatable bonds is 21. The molecule has 0 aliphatic rings. The molecule has 0 atom stereocenters. The van der Waals surface area contributed by atoms with Crippen molar-refractivity contribution < 1.29 is 19.2 Å². The summed E-state index contributed by atoms with van der Waals surface area (Å²) in [4.78, 5) is 50.0. The van der Waals surface area contributed by atoms with Crippen LogP contribution in [0.15, 0.2) is 0 Å². The average molecular weight is 472 g/mol. The summed E-state index contributed by atoms with van der Waals surface area (Å²) in [6.07, 6.45) is 1.73. The predicted octanol–water partition coefficient (Wildman–Crippen LogP) is -1.84. The largest absolute Gasteiger partial charge is 0.359 e. The fourth-order valence-corrected chi connectivity index (χ4v) is 3.04. The normalized spacial score (nSPS) is 11.0. The van der Waals surface area contributed by atoms with Crippen molar-refractivity contribution in [3.8, 4) is 0 Å². The molecule has 0 aromatic heterocycles. The number of amides is 3. The Bertz CT molecular complexity index is 555. The highest BCUT2D eigenvalue weighted by molar-refractivity contribution is 5.77. The van der Waals surface area contributed by atoms with E-state index in [2.05, 4.69) is 36.4 Å². The molecule has 0 bridgehead atoms. The van der Waals surface area contributed by atoms with Gasteiger partial charge in [-0.3, -0.25) is 19.2 Å². The van der Waals surface area contributed by atoms with Gasteiger partial charge in [-0.05, 0) is 6.92 Å². The van der Waals surface area contributed by atoms with E-state index in [9.17, 15) is 19.2 Å². The van der Waals surface area contributed by atoms with Crippen molar-refractivity contribution in [3.63, 3.8) is 0 Å². The maximum atomic E-state index is 11.5. The molecule has 11 nitrogen and oxygen atoms in total. The zero-order chi connectivity index (χ0) is 24.9. The van der Waals surface area contributed by atoms with E-state index in [1.165, 1.54) is 0 Å². The van der Waals surface area contributed by atoms with E-state index in [0.717, 1.165) is 39.3 Å². The number of carbonyl (C=O) groups excluding carboxylic acids is 4. The van der Waals surface area contributed by atoms with E-state index in [4.69, 9.17) is 0 Å². The van der Waals surface area contributed by atoms with Gasteiger partial charge in [0.05, 0.1) is 0 Å². The standard InChI is InChI=1S/C22H45N7O4/c1-19(30)5-13-28(14-6-20(31)23-2)17-11-26-9-10-27-12-18-29(15-7-21(32)24-3)16-8-22(33)25-4/h26-27H,5-18H2,1-4H3,(H,23,31)(H,24,32)(H,25,33). The van der Waals surface area contributed by atoms with Crippen molar-refractivity contribution in [2.75, 3.05) is 86.6 Å². The Labute approximate surface area is 198 Å². The molecule has 0 aliphatic carbocycles. The van der Waals surface area contributed by atoms with Gasteiger partial charge < -0.3 is 36.4 Å². The van der Waals surface area contributed by atoms with Crippen LogP contribution < -0.4 is 26.6 Å². The van der Waals surface area contributed by atoms with Crippen LogP contribution in [-0.2, 0) is 19.2 Å². The molecule has 0 rings (SSSR count). The zero-order valence-electron chi connectivity index (χ0n) is 20.9. The van der Waals surface area contributed by atoms with Crippen LogP contribution in [0.25, 0.3) is 0 Å². The summed E-state index contributed by atoms with van der Waals surface area (Å²) in [5, 5.41) is 14.6. The lowest BCUT2D eigenvalue weighted by atomic mass is 10.2. The third-order valence-corrected chi connectivity index (χ3v) is 5.27. The number of hydrogen-bond acceptors (Lipinski definition) is 8. The van der Waals surface area contributed by atoms with Crippen LogP contribution in [-0.4, -0.2) is 120 Å². The molecule has 0 aromatic carbocycles. The molecular formula is C22H45N7O4. The van der Waals surface area contributed by atoms with Crippen LogP contribution in [0.5, 0.6) is 0 Å². The fraction of sp³-hybridized carbons (Fsp3) is 0.818. The molecule has 3 amide bonds. The first-order chi connectivity index (χ1) is 15.8. The van der Waals surface area contributed by atoms with Crippen LogP contribution in [0.2, 0.25) is 0 Å². The molecule has 0 heterocycles. The Morgan fingerprint density at radius 2 is 0.848 bits per heavy atom. The van der Waals surface area contributed by atoms with Crippen molar-refractivity contribution in [3.05, 3.63) is 0 Å². The third-order valence-electron chi connectivity index (χ3n) is 5.27. The van der Waals surface area contributed by atoms with Crippen molar-refractivity contribution >= 4 is 23.5 Å². The molecule has 0 aliphatic heterocycles. The lowest BCUT2D eigenvalue weighted by Crippen LogP contribution is -2.40. The molecule has 0 saturated carbocycles. The Balaban J connectivity index is 4.10. The molecule has 192 valence electrons. The van der Waals surface area contributed by atoms with Crippen molar-refractivity contribution in [1.29, 1.82) is 0 Å². The van der Waals surface area contributed by atoms with Gasteiger partial charge in [0.25, 0.3) is 0 Å². The number of hydrogen-bond donors (Lipinski definition) is 5. The predicted molar refractivity (Wildman–Crippen MR) is 130 cm³/mol. The summed E-state index contributed by atoms with van der Waals surface area (Å²) in [5.41, 5.74) is 0. The topological polar surface area (TPSA) is 135 Å². The lowest BCUT2D eigenvalue weighted by molar-refractivity contribution is -0.122. The lowest BCUT2D eigenvalue weighted by Gasteiger charge is -2.22. The molecule has 0 radical (unpaired) electrons. The minimum atomic E-state index is -0.00947. The van der Waals surface area contributed by atoms with Gasteiger partial charge in [-0.15, -0.1) is 0 Å². The van der Waals surface area contributed by atoms with Crippen LogP contribution in [0.3, 0.4) is 0 Å². The van der Waals surface area contributed by atoms with Gasteiger partial charge >= 0.3 is 0 Å². The highest BCUT2D eigenvalue weighted by Crippen LogP contribution is 1.96. The zero-order valence-corrected chi connectivity index (χ0v) is 20.9. The number of Topliss-reactive ketones (excluding diaryl/α,β-unsaturated/α-hetero) is 1. The number of nitrogens with one attached hydrogen (secondary N) is 5. The number of ketones is 1. The maximum absolute atomic E-state index is 11.5. The fourth-order valence-electron chi connectivity index (χ4n) is 3.04. The Hall–Kier alpha value is -2.08. The first-order valence-corrected chi connectivity index (χ1v) is 11.8. The molecular weight excluding hydrogens is 426 g/mol. The number of carbonyl (C=O) groups is 4. The summed E-state index contributed by atoms with van der Waals surface area (Å²) < 4.78 is 0. The molecule has 5 N–H and O–H groups in total. The molecule has 11 heteroatoms. The average Bonchev–Trinajstić information content (AvgIpc) is 2.81. The van der Waals surface area contributed by atoms with Crippen LogP contribution in [0.1, 0.15) is 32.6 Å². The van der Waals surface area contributed by atoms with Gasteiger partial charge in [0.1, 0.15) is 5.78 Å². The molecule has 0 unspecified atom stereocenters. The molecule has 0 saturated heterocycles. The van der Waals surface area contributed by atoms with E-state index in [-0.39, 0.29) is 23.5 Å². The van der Waals surface area contributed by atoms with E-state index in [1.807, 2.05) is 0 Å². The van der Waals surface area contributed by atoms with Gasteiger partial charge in [-0.1, -0.05) is 0 Å². The second-order valence-corrected chi connectivity index (χ2v) is 7.90. The molecule has 0 fully saturated rings. The summed E-state index contributed by atoms with van der Waals surface area (Å²) in [7, 11) is 4.87. The first kappa shape index (κ1) is 30.9.